The van der Waals surface area contributed by atoms with Crippen molar-refractivity contribution in [3.63, 3.8) is 0 Å². The van der Waals surface area contributed by atoms with Crippen molar-refractivity contribution in [1.29, 1.82) is 0 Å². The van der Waals surface area contributed by atoms with Gasteiger partial charge in [0.15, 0.2) is 0 Å². The Hall–Kier alpha value is -1.96. The number of hydrogen-bond donors (Lipinski definition) is 2. The highest BCUT2D eigenvalue weighted by Crippen LogP contribution is 2.21. The number of anilines is 2. The molecule has 2 aromatic carbocycles. The third kappa shape index (κ3) is 3.32. The fourth-order valence-corrected chi connectivity index (χ4v) is 2.75. The molecule has 0 saturated heterocycles. The van der Waals surface area contributed by atoms with E-state index in [4.69, 9.17) is 5.73 Å². The summed E-state index contributed by atoms with van der Waals surface area (Å²) in [5, 5.41) is 3.45. The molecule has 0 bridgehead atoms. The molecule has 20 heavy (non-hydrogen) atoms. The molecule has 0 fully saturated rings. The summed E-state index contributed by atoms with van der Waals surface area (Å²) in [6.45, 7) is 9.51. The standard InChI is InChI=1S/C18H24N2/c1-12-5-6-17(19)18(11-12)20-8-7-16-14(3)9-13(2)10-15(16)4/h5-6,9-11,20H,7-8,19H2,1-4H3. The van der Waals surface area contributed by atoms with Crippen molar-refractivity contribution in [3.8, 4) is 0 Å². The zero-order chi connectivity index (χ0) is 14.7. The van der Waals surface area contributed by atoms with Crippen LogP contribution >= 0.6 is 0 Å². The highest BCUT2D eigenvalue weighted by atomic mass is 14.9. The number of benzene rings is 2. The van der Waals surface area contributed by atoms with Crippen LogP contribution in [0.5, 0.6) is 0 Å². The summed E-state index contributed by atoms with van der Waals surface area (Å²) in [6, 6.07) is 10.6. The van der Waals surface area contributed by atoms with Crippen molar-refractivity contribution in [2.24, 2.45) is 0 Å². The van der Waals surface area contributed by atoms with Crippen LogP contribution in [0.15, 0.2) is 30.3 Å². The maximum absolute atomic E-state index is 5.99. The predicted octanol–water partition coefficient (Wildman–Crippen LogP) is 4.16. The molecule has 0 atom stereocenters. The molecule has 0 radical (unpaired) electrons. The molecular weight excluding hydrogens is 244 g/mol. The van der Waals surface area contributed by atoms with Gasteiger partial charge in [-0.1, -0.05) is 23.8 Å². The third-order valence-corrected chi connectivity index (χ3v) is 3.74. The first kappa shape index (κ1) is 14.4. The monoisotopic (exact) mass is 268 g/mol. The van der Waals surface area contributed by atoms with E-state index in [0.29, 0.717) is 0 Å². The zero-order valence-electron chi connectivity index (χ0n) is 12.9. The molecule has 0 spiro atoms. The van der Waals surface area contributed by atoms with Crippen LogP contribution in [-0.2, 0) is 6.42 Å². The van der Waals surface area contributed by atoms with E-state index in [2.05, 4.69) is 51.2 Å². The van der Waals surface area contributed by atoms with Gasteiger partial charge in [0.25, 0.3) is 0 Å². The van der Waals surface area contributed by atoms with Crippen molar-refractivity contribution >= 4 is 11.4 Å². The molecule has 2 nitrogen and oxygen atoms in total. The number of hydrogen-bond acceptors (Lipinski definition) is 2. The van der Waals surface area contributed by atoms with Crippen LogP contribution in [0.2, 0.25) is 0 Å². The summed E-state index contributed by atoms with van der Waals surface area (Å²) in [4.78, 5) is 0. The number of nitrogens with two attached hydrogens (primary N) is 1. The second-order valence-electron chi connectivity index (χ2n) is 5.64. The largest absolute Gasteiger partial charge is 0.397 e. The topological polar surface area (TPSA) is 38.0 Å². The molecule has 3 N–H and O–H groups in total. The Kier molecular flexibility index (Phi) is 4.33. The Balaban J connectivity index is 2.05. The van der Waals surface area contributed by atoms with Crippen LogP contribution < -0.4 is 11.1 Å². The van der Waals surface area contributed by atoms with Crippen LogP contribution in [0.3, 0.4) is 0 Å². The quantitative estimate of drug-likeness (QED) is 0.817. The molecule has 0 aliphatic rings. The molecule has 0 aliphatic carbocycles. The summed E-state index contributed by atoms with van der Waals surface area (Å²) in [6.07, 6.45) is 1.02. The van der Waals surface area contributed by atoms with Gasteiger partial charge in [-0.3, -0.25) is 0 Å². The predicted molar refractivity (Wildman–Crippen MR) is 88.4 cm³/mol. The van der Waals surface area contributed by atoms with E-state index in [9.17, 15) is 0 Å². The first-order valence-electron chi connectivity index (χ1n) is 7.14. The lowest BCUT2D eigenvalue weighted by molar-refractivity contribution is 0.987. The van der Waals surface area contributed by atoms with Crippen LogP contribution in [0.25, 0.3) is 0 Å². The fraction of sp³-hybridized carbons (Fsp3) is 0.333. The number of rotatable bonds is 4. The van der Waals surface area contributed by atoms with Gasteiger partial charge in [0.2, 0.25) is 0 Å². The lowest BCUT2D eigenvalue weighted by atomic mass is 9.97. The second kappa shape index (κ2) is 6.00. The van der Waals surface area contributed by atoms with Gasteiger partial charge in [-0.05, 0) is 68.5 Å². The van der Waals surface area contributed by atoms with E-state index in [-0.39, 0.29) is 0 Å². The molecule has 0 amide bonds. The molecule has 2 aromatic rings. The van der Waals surface area contributed by atoms with E-state index in [1.807, 2.05) is 12.1 Å². The van der Waals surface area contributed by atoms with Crippen molar-refractivity contribution < 1.29 is 0 Å². The van der Waals surface area contributed by atoms with Gasteiger partial charge in [-0.15, -0.1) is 0 Å². The SMILES string of the molecule is Cc1cc(C)c(CCNc2cc(C)ccc2N)c(C)c1. The molecule has 0 aliphatic heterocycles. The van der Waals surface area contributed by atoms with Gasteiger partial charge in [-0.2, -0.15) is 0 Å². The van der Waals surface area contributed by atoms with Crippen molar-refractivity contribution in [2.45, 2.75) is 34.1 Å². The molecule has 2 heteroatoms. The van der Waals surface area contributed by atoms with Crippen LogP contribution in [0, 0.1) is 27.7 Å². The first-order chi connectivity index (χ1) is 9.47. The number of nitrogens with one attached hydrogen (secondary N) is 1. The third-order valence-electron chi connectivity index (χ3n) is 3.74. The normalized spacial score (nSPS) is 10.6. The fourth-order valence-electron chi connectivity index (χ4n) is 2.75. The van der Waals surface area contributed by atoms with Gasteiger partial charge in [0.05, 0.1) is 11.4 Å². The first-order valence-corrected chi connectivity index (χ1v) is 7.14. The summed E-state index contributed by atoms with van der Waals surface area (Å²) in [5.74, 6) is 0. The molecular formula is C18H24N2. The minimum absolute atomic E-state index is 0.813. The minimum Gasteiger partial charge on any atom is -0.397 e. The van der Waals surface area contributed by atoms with Gasteiger partial charge in [-0.25, -0.2) is 0 Å². The summed E-state index contributed by atoms with van der Waals surface area (Å²) >= 11 is 0. The Bertz CT molecular complexity index is 592. The van der Waals surface area contributed by atoms with E-state index in [1.165, 1.54) is 27.8 Å². The van der Waals surface area contributed by atoms with E-state index in [1.54, 1.807) is 0 Å². The Morgan fingerprint density at radius 2 is 1.55 bits per heavy atom. The molecule has 0 heterocycles. The van der Waals surface area contributed by atoms with Crippen LogP contribution in [0.1, 0.15) is 27.8 Å². The van der Waals surface area contributed by atoms with E-state index >= 15 is 0 Å². The second-order valence-corrected chi connectivity index (χ2v) is 5.64. The lowest BCUT2D eigenvalue weighted by Gasteiger charge is -2.14. The smallest absolute Gasteiger partial charge is 0.0576 e. The molecule has 0 saturated carbocycles. The summed E-state index contributed by atoms with van der Waals surface area (Å²) in [5.41, 5.74) is 14.6. The van der Waals surface area contributed by atoms with Crippen LogP contribution in [-0.4, -0.2) is 6.54 Å². The maximum Gasteiger partial charge on any atom is 0.0576 e. The Morgan fingerprint density at radius 1 is 0.900 bits per heavy atom. The van der Waals surface area contributed by atoms with Gasteiger partial charge < -0.3 is 11.1 Å². The highest BCUT2D eigenvalue weighted by Gasteiger charge is 2.04. The highest BCUT2D eigenvalue weighted by molar-refractivity contribution is 5.66. The Labute approximate surface area is 122 Å². The molecule has 0 aromatic heterocycles. The maximum atomic E-state index is 5.99. The van der Waals surface area contributed by atoms with E-state index < -0.39 is 0 Å². The lowest BCUT2D eigenvalue weighted by Crippen LogP contribution is -2.09. The molecule has 0 unspecified atom stereocenters. The van der Waals surface area contributed by atoms with Crippen molar-refractivity contribution in [3.05, 3.63) is 58.1 Å². The minimum atomic E-state index is 0.813. The number of aryl methyl sites for hydroxylation is 4. The summed E-state index contributed by atoms with van der Waals surface area (Å²) < 4.78 is 0. The van der Waals surface area contributed by atoms with Crippen molar-refractivity contribution in [2.75, 3.05) is 17.6 Å². The summed E-state index contributed by atoms with van der Waals surface area (Å²) in [7, 11) is 0. The van der Waals surface area contributed by atoms with E-state index in [0.717, 1.165) is 24.3 Å². The number of nitrogen functional groups attached to an aromatic ring is 1. The van der Waals surface area contributed by atoms with Gasteiger partial charge >= 0.3 is 0 Å². The average molecular weight is 268 g/mol. The Morgan fingerprint density at radius 3 is 2.20 bits per heavy atom. The average Bonchev–Trinajstić information content (AvgIpc) is 2.36. The van der Waals surface area contributed by atoms with Gasteiger partial charge in [0, 0.05) is 6.54 Å². The zero-order valence-corrected chi connectivity index (χ0v) is 12.9. The van der Waals surface area contributed by atoms with Crippen molar-refractivity contribution in [1.82, 2.24) is 0 Å². The van der Waals surface area contributed by atoms with Crippen LogP contribution in [0.4, 0.5) is 11.4 Å². The molecule has 106 valence electrons. The molecule has 2 rings (SSSR count). The van der Waals surface area contributed by atoms with Gasteiger partial charge in [0.1, 0.15) is 0 Å².